The Morgan fingerprint density at radius 2 is 1.91 bits per heavy atom. The van der Waals surface area contributed by atoms with E-state index in [0.29, 0.717) is 12.1 Å². The number of nitrogens with one attached hydrogen (secondary N) is 1. The minimum absolute atomic E-state index is 0.0294. The van der Waals surface area contributed by atoms with Crippen molar-refractivity contribution in [1.82, 2.24) is 30.2 Å². The average Bonchev–Trinajstić information content (AvgIpc) is 3.32. The van der Waals surface area contributed by atoms with E-state index in [2.05, 4.69) is 63.6 Å². The van der Waals surface area contributed by atoms with E-state index in [1.807, 2.05) is 34.2 Å². The number of amides is 1. The second-order valence-corrected chi connectivity index (χ2v) is 9.17. The van der Waals surface area contributed by atoms with E-state index in [1.165, 1.54) is 18.7 Å². The van der Waals surface area contributed by atoms with E-state index in [9.17, 15) is 4.79 Å². The van der Waals surface area contributed by atoms with E-state index in [0.717, 1.165) is 47.1 Å². The number of fused-ring (bicyclic) bond motifs is 1. The molecule has 35 heavy (non-hydrogen) atoms. The lowest BCUT2D eigenvalue weighted by atomic mass is 10.0. The van der Waals surface area contributed by atoms with Crippen LogP contribution in [0.1, 0.15) is 43.1 Å². The number of piperidine rings is 1. The van der Waals surface area contributed by atoms with Crippen LogP contribution in [0.4, 0.5) is 5.69 Å². The van der Waals surface area contributed by atoms with Crippen molar-refractivity contribution in [3.63, 3.8) is 0 Å². The molecule has 2 aromatic carbocycles. The first kappa shape index (κ1) is 22.9. The molecule has 1 amide bonds. The smallest absolute Gasteiger partial charge is 0.274 e. The fraction of sp³-hybridized carbons (Fsp3) is 0.308. The fourth-order valence-corrected chi connectivity index (χ4v) is 4.57. The van der Waals surface area contributed by atoms with E-state index in [-0.39, 0.29) is 18.0 Å². The van der Waals surface area contributed by atoms with Gasteiger partial charge in [0.15, 0.2) is 0 Å². The molecule has 1 aliphatic rings. The minimum atomic E-state index is -0.288. The zero-order chi connectivity index (χ0) is 24.4. The van der Waals surface area contributed by atoms with Crippen molar-refractivity contribution in [3.8, 4) is 11.1 Å². The van der Waals surface area contributed by atoms with Crippen molar-refractivity contribution in [3.05, 3.63) is 72.9 Å². The van der Waals surface area contributed by atoms with Crippen molar-refractivity contribution in [2.24, 2.45) is 5.73 Å². The maximum absolute atomic E-state index is 13.2. The first-order chi connectivity index (χ1) is 17.0. The average molecular weight is 471 g/mol. The highest BCUT2D eigenvalue weighted by molar-refractivity contribution is 5.98. The summed E-state index contributed by atoms with van der Waals surface area (Å²) in [5, 5.41) is 9.67. The molecule has 3 N–H and O–H groups in total. The predicted octanol–water partition coefficient (Wildman–Crippen LogP) is 3.56. The number of carbonyl (C=O) groups excluding carboxylic acids is 1. The van der Waals surface area contributed by atoms with Crippen molar-refractivity contribution >= 4 is 22.5 Å². The van der Waals surface area contributed by atoms with Gasteiger partial charge in [-0.3, -0.25) is 9.48 Å². The Bertz CT molecular complexity index is 1310. The van der Waals surface area contributed by atoms with Gasteiger partial charge < -0.3 is 5.73 Å². The molecule has 0 unspecified atom stereocenters. The molecule has 5 rings (SSSR count). The Labute approximate surface area is 204 Å². The monoisotopic (exact) mass is 470 g/mol. The third-order valence-corrected chi connectivity index (χ3v) is 6.27. The SMILES string of the molecule is CC(C)n1ncc2c(-c3ccccc3)cc(N(NC(=O)c3cncnc3)N3CCC[C@H](N)C3)cc21. The van der Waals surface area contributed by atoms with Crippen molar-refractivity contribution in [1.29, 1.82) is 0 Å². The first-order valence-electron chi connectivity index (χ1n) is 11.9. The lowest BCUT2D eigenvalue weighted by Gasteiger charge is -2.40. The van der Waals surface area contributed by atoms with Crippen molar-refractivity contribution < 1.29 is 4.79 Å². The molecule has 1 atom stereocenters. The maximum atomic E-state index is 13.2. The number of nitrogens with zero attached hydrogens (tertiary/aromatic N) is 6. The van der Waals surface area contributed by atoms with Gasteiger partial charge in [0.25, 0.3) is 5.91 Å². The van der Waals surface area contributed by atoms with Crippen LogP contribution in [0.2, 0.25) is 0 Å². The number of hydrazine groups is 2. The van der Waals surface area contributed by atoms with E-state index in [1.54, 1.807) is 0 Å². The molecule has 1 fully saturated rings. The highest BCUT2D eigenvalue weighted by Crippen LogP contribution is 2.35. The molecule has 180 valence electrons. The van der Waals surface area contributed by atoms with Gasteiger partial charge in [-0.2, -0.15) is 5.10 Å². The lowest BCUT2D eigenvalue weighted by molar-refractivity contribution is 0.0879. The van der Waals surface area contributed by atoms with E-state index in [4.69, 9.17) is 5.73 Å². The number of benzene rings is 2. The van der Waals surface area contributed by atoms with Gasteiger partial charge in [-0.25, -0.2) is 25.5 Å². The third-order valence-electron chi connectivity index (χ3n) is 6.27. The summed E-state index contributed by atoms with van der Waals surface area (Å²) in [6.07, 6.45) is 8.25. The van der Waals surface area contributed by atoms with E-state index >= 15 is 0 Å². The molecule has 4 aromatic rings. The molecule has 1 saturated heterocycles. The molecular weight excluding hydrogens is 440 g/mol. The summed E-state index contributed by atoms with van der Waals surface area (Å²) in [5.74, 6) is -0.288. The topological polar surface area (TPSA) is 105 Å². The summed E-state index contributed by atoms with van der Waals surface area (Å²) in [6.45, 7) is 5.63. The zero-order valence-corrected chi connectivity index (χ0v) is 20.0. The quantitative estimate of drug-likeness (QED) is 0.415. The van der Waals surface area contributed by atoms with Gasteiger partial charge in [0, 0.05) is 43.0 Å². The number of nitrogens with two attached hydrogens (primary N) is 1. The fourth-order valence-electron chi connectivity index (χ4n) is 4.57. The molecule has 1 aliphatic heterocycles. The summed E-state index contributed by atoms with van der Waals surface area (Å²) in [6, 6.07) is 14.6. The zero-order valence-electron chi connectivity index (χ0n) is 20.0. The van der Waals surface area contributed by atoms with Gasteiger partial charge in [0.1, 0.15) is 6.33 Å². The van der Waals surface area contributed by atoms with Crippen LogP contribution in [0.5, 0.6) is 0 Å². The summed E-state index contributed by atoms with van der Waals surface area (Å²) in [5.41, 5.74) is 13.8. The van der Waals surface area contributed by atoms with Gasteiger partial charge in [-0.1, -0.05) is 30.3 Å². The van der Waals surface area contributed by atoms with Crippen LogP contribution < -0.4 is 16.3 Å². The molecule has 0 spiro atoms. The Hall–Kier alpha value is -3.82. The molecule has 9 heteroatoms. The number of rotatable bonds is 6. The number of hydrogen-bond acceptors (Lipinski definition) is 7. The number of aromatic nitrogens is 4. The highest BCUT2D eigenvalue weighted by Gasteiger charge is 2.26. The molecule has 2 aromatic heterocycles. The predicted molar refractivity (Wildman–Crippen MR) is 136 cm³/mol. The van der Waals surface area contributed by atoms with Gasteiger partial charge in [-0.15, -0.1) is 0 Å². The molecule has 3 heterocycles. The van der Waals surface area contributed by atoms with Crippen molar-refractivity contribution in [2.75, 3.05) is 18.2 Å². The lowest BCUT2D eigenvalue weighted by Crippen LogP contribution is -2.58. The van der Waals surface area contributed by atoms with Gasteiger partial charge >= 0.3 is 0 Å². The summed E-state index contributed by atoms with van der Waals surface area (Å²) in [7, 11) is 0. The number of anilines is 1. The van der Waals surface area contributed by atoms with Crippen LogP contribution in [-0.2, 0) is 0 Å². The van der Waals surface area contributed by atoms with Crippen LogP contribution in [0.25, 0.3) is 22.0 Å². The molecule has 0 radical (unpaired) electrons. The number of carbonyl (C=O) groups is 1. The largest absolute Gasteiger partial charge is 0.326 e. The first-order valence-corrected chi connectivity index (χ1v) is 11.9. The van der Waals surface area contributed by atoms with Gasteiger partial charge in [-0.05, 0) is 49.9 Å². The highest BCUT2D eigenvalue weighted by atomic mass is 16.2. The maximum Gasteiger partial charge on any atom is 0.274 e. The normalized spacial score (nSPS) is 16.5. The second kappa shape index (κ2) is 9.81. The minimum Gasteiger partial charge on any atom is -0.326 e. The van der Waals surface area contributed by atoms with Crippen LogP contribution in [0.3, 0.4) is 0 Å². The van der Waals surface area contributed by atoms with Gasteiger partial charge in [0.05, 0.1) is 23.0 Å². The third kappa shape index (κ3) is 4.73. The van der Waals surface area contributed by atoms with Crippen molar-refractivity contribution in [2.45, 2.75) is 38.8 Å². The Morgan fingerprint density at radius 1 is 1.14 bits per heavy atom. The van der Waals surface area contributed by atoms with Gasteiger partial charge in [0.2, 0.25) is 0 Å². The summed E-state index contributed by atoms with van der Waals surface area (Å²) >= 11 is 0. The molecule has 0 saturated carbocycles. The van der Waals surface area contributed by atoms with E-state index < -0.39 is 0 Å². The summed E-state index contributed by atoms with van der Waals surface area (Å²) < 4.78 is 2.01. The number of hydrogen-bond donors (Lipinski definition) is 2. The molecule has 0 aliphatic carbocycles. The van der Waals surface area contributed by atoms with Crippen LogP contribution in [0, 0.1) is 0 Å². The molecule has 9 nitrogen and oxygen atoms in total. The Morgan fingerprint density at radius 3 is 2.63 bits per heavy atom. The van der Waals surface area contributed by atoms with Crippen LogP contribution in [-0.4, -0.2) is 49.8 Å². The van der Waals surface area contributed by atoms with Crippen LogP contribution >= 0.6 is 0 Å². The molecule has 0 bridgehead atoms. The Balaban J connectivity index is 1.65. The van der Waals surface area contributed by atoms with Crippen LogP contribution in [0.15, 0.2) is 67.4 Å². The standard InChI is InChI=1S/C26H30N8O/c1-18(2)33-25-12-22(11-23(24(25)15-30-33)19-7-4-3-5-8-19)34(32-10-6-9-21(27)16-32)31-26(35)20-13-28-17-29-14-20/h3-5,7-8,11-15,17-18,21H,6,9-10,16,27H2,1-2H3,(H,31,35)/t21-/m0/s1. The molecular formula is C26H30N8O. The summed E-state index contributed by atoms with van der Waals surface area (Å²) in [4.78, 5) is 21.2. The Kier molecular flexibility index (Phi) is 6.43. The second-order valence-electron chi connectivity index (χ2n) is 9.17.